The van der Waals surface area contributed by atoms with E-state index in [0.717, 1.165) is 16.3 Å². The number of hydrogen-bond donors (Lipinski definition) is 3. The number of hydrogen-bond acceptors (Lipinski definition) is 5. The summed E-state index contributed by atoms with van der Waals surface area (Å²) in [5.74, 6) is 0.562. The Bertz CT molecular complexity index is 825. The Hall–Kier alpha value is -2.37. The molecule has 5 nitrogen and oxygen atoms in total. The van der Waals surface area contributed by atoms with Gasteiger partial charge in [0, 0.05) is 13.6 Å². The first-order valence-corrected chi connectivity index (χ1v) is 7.65. The van der Waals surface area contributed by atoms with Crippen LogP contribution in [0.1, 0.15) is 11.7 Å². The second-order valence-corrected chi connectivity index (χ2v) is 5.50. The van der Waals surface area contributed by atoms with Crippen molar-refractivity contribution >= 4 is 33.9 Å². The Morgan fingerprint density at radius 3 is 2.70 bits per heavy atom. The summed E-state index contributed by atoms with van der Waals surface area (Å²) in [4.78, 5) is 8.07. The molecule has 0 fully saturated rings. The Morgan fingerprint density at radius 1 is 1.13 bits per heavy atom. The van der Waals surface area contributed by atoms with Gasteiger partial charge in [-0.25, -0.2) is 9.97 Å². The van der Waals surface area contributed by atoms with Crippen LogP contribution >= 0.6 is 11.6 Å². The third-order valence-electron chi connectivity index (χ3n) is 3.67. The van der Waals surface area contributed by atoms with E-state index in [1.165, 1.54) is 6.33 Å². The molecule has 1 aromatic heterocycles. The molecule has 0 aliphatic carbocycles. The molecule has 3 N–H and O–H groups in total. The first-order chi connectivity index (χ1) is 11.2. The van der Waals surface area contributed by atoms with Crippen molar-refractivity contribution < 1.29 is 5.11 Å². The fraction of sp³-hybridized carbons (Fsp3) is 0.176. The first kappa shape index (κ1) is 15.5. The fourth-order valence-corrected chi connectivity index (χ4v) is 2.67. The zero-order valence-corrected chi connectivity index (χ0v) is 13.4. The first-order valence-electron chi connectivity index (χ1n) is 7.28. The smallest absolute Gasteiger partial charge is 0.157 e. The van der Waals surface area contributed by atoms with Gasteiger partial charge in [-0.15, -0.1) is 0 Å². The number of aliphatic hydroxyl groups is 1. The normalized spacial score (nSPS) is 12.1. The monoisotopic (exact) mass is 328 g/mol. The average molecular weight is 329 g/mol. The molecule has 1 atom stereocenters. The molecule has 2 aromatic carbocycles. The third kappa shape index (κ3) is 3.36. The minimum absolute atomic E-state index is 0.320. The largest absolute Gasteiger partial charge is 0.387 e. The van der Waals surface area contributed by atoms with Crippen molar-refractivity contribution in [2.75, 3.05) is 24.2 Å². The highest BCUT2D eigenvalue weighted by Gasteiger charge is 2.12. The zero-order valence-electron chi connectivity index (χ0n) is 12.6. The van der Waals surface area contributed by atoms with E-state index >= 15 is 0 Å². The summed E-state index contributed by atoms with van der Waals surface area (Å²) in [6, 6.07) is 14.0. The predicted molar refractivity (Wildman–Crippen MR) is 94.0 cm³/mol. The fourth-order valence-electron chi connectivity index (χ4n) is 2.45. The van der Waals surface area contributed by atoms with Gasteiger partial charge in [0.2, 0.25) is 0 Å². The maximum atomic E-state index is 10.4. The van der Waals surface area contributed by atoms with E-state index in [1.807, 2.05) is 42.5 Å². The van der Waals surface area contributed by atoms with Crippen molar-refractivity contribution in [1.29, 1.82) is 0 Å². The predicted octanol–water partition coefficient (Wildman–Crippen LogP) is 3.47. The standard InChI is InChI=1S/C17H17ClN4O/c1-19-15-16(18)21-10-22-17(15)20-9-14(23)13-7-6-11-4-2-3-5-12(11)8-13/h2-8,10,14,19,23H,9H2,1H3,(H,20,21,22). The highest BCUT2D eigenvalue weighted by atomic mass is 35.5. The molecule has 0 amide bonds. The van der Waals surface area contributed by atoms with Gasteiger partial charge >= 0.3 is 0 Å². The van der Waals surface area contributed by atoms with Crippen LogP contribution in [-0.2, 0) is 0 Å². The van der Waals surface area contributed by atoms with Crippen LogP contribution in [0.4, 0.5) is 11.5 Å². The number of halogens is 1. The number of benzene rings is 2. The van der Waals surface area contributed by atoms with E-state index in [9.17, 15) is 5.11 Å². The highest BCUT2D eigenvalue weighted by molar-refractivity contribution is 6.32. The van der Waals surface area contributed by atoms with Crippen LogP contribution in [0.5, 0.6) is 0 Å². The lowest BCUT2D eigenvalue weighted by atomic mass is 10.0. The Balaban J connectivity index is 1.76. The minimum Gasteiger partial charge on any atom is -0.387 e. The molecule has 118 valence electrons. The number of fused-ring (bicyclic) bond motifs is 1. The van der Waals surface area contributed by atoms with Crippen LogP contribution in [0.2, 0.25) is 5.15 Å². The Kier molecular flexibility index (Phi) is 4.60. The van der Waals surface area contributed by atoms with Gasteiger partial charge < -0.3 is 15.7 Å². The molecule has 0 spiro atoms. The molecule has 3 aromatic rings. The second-order valence-electron chi connectivity index (χ2n) is 5.14. The minimum atomic E-state index is -0.655. The Morgan fingerprint density at radius 2 is 1.91 bits per heavy atom. The van der Waals surface area contributed by atoms with Gasteiger partial charge in [0.1, 0.15) is 12.0 Å². The lowest BCUT2D eigenvalue weighted by molar-refractivity contribution is 0.191. The van der Waals surface area contributed by atoms with Gasteiger partial charge in [-0.1, -0.05) is 48.0 Å². The molecule has 6 heteroatoms. The molecular weight excluding hydrogens is 312 g/mol. The van der Waals surface area contributed by atoms with Gasteiger partial charge in [0.05, 0.1) is 6.10 Å². The van der Waals surface area contributed by atoms with Crippen molar-refractivity contribution in [3.8, 4) is 0 Å². The molecule has 0 aliphatic heterocycles. The SMILES string of the molecule is CNc1c(Cl)ncnc1NCC(O)c1ccc2ccccc2c1. The van der Waals surface area contributed by atoms with E-state index in [2.05, 4.69) is 20.6 Å². The van der Waals surface area contributed by atoms with Crippen LogP contribution in [-0.4, -0.2) is 28.7 Å². The zero-order chi connectivity index (χ0) is 16.2. The van der Waals surface area contributed by atoms with Gasteiger partial charge in [-0.2, -0.15) is 0 Å². The molecule has 0 radical (unpaired) electrons. The highest BCUT2D eigenvalue weighted by Crippen LogP contribution is 2.26. The summed E-state index contributed by atoms with van der Waals surface area (Å²) < 4.78 is 0. The van der Waals surface area contributed by atoms with E-state index in [1.54, 1.807) is 7.05 Å². The van der Waals surface area contributed by atoms with Crippen LogP contribution in [0.15, 0.2) is 48.8 Å². The number of anilines is 2. The van der Waals surface area contributed by atoms with Crippen LogP contribution in [0, 0.1) is 0 Å². The number of rotatable bonds is 5. The number of aliphatic hydroxyl groups excluding tert-OH is 1. The van der Waals surface area contributed by atoms with Crippen LogP contribution < -0.4 is 10.6 Å². The van der Waals surface area contributed by atoms with Crippen molar-refractivity contribution in [3.63, 3.8) is 0 Å². The second kappa shape index (κ2) is 6.81. The molecule has 3 rings (SSSR count). The summed E-state index contributed by atoms with van der Waals surface area (Å²) in [7, 11) is 1.75. The number of nitrogens with zero attached hydrogens (tertiary/aromatic N) is 2. The maximum absolute atomic E-state index is 10.4. The molecule has 0 aliphatic rings. The summed E-state index contributed by atoms with van der Waals surface area (Å²) in [5.41, 5.74) is 1.46. The lowest BCUT2D eigenvalue weighted by Gasteiger charge is -2.15. The molecule has 1 heterocycles. The quantitative estimate of drug-likeness (QED) is 0.626. The maximum Gasteiger partial charge on any atom is 0.157 e. The van der Waals surface area contributed by atoms with Gasteiger partial charge in [-0.05, 0) is 22.4 Å². The van der Waals surface area contributed by atoms with E-state index in [-0.39, 0.29) is 0 Å². The number of nitrogens with one attached hydrogen (secondary N) is 2. The molecule has 23 heavy (non-hydrogen) atoms. The summed E-state index contributed by atoms with van der Waals surface area (Å²) >= 11 is 6.01. The average Bonchev–Trinajstić information content (AvgIpc) is 2.59. The molecular formula is C17H17ClN4O. The lowest BCUT2D eigenvalue weighted by Crippen LogP contribution is -2.14. The molecule has 0 bridgehead atoms. The van der Waals surface area contributed by atoms with E-state index < -0.39 is 6.10 Å². The third-order valence-corrected chi connectivity index (χ3v) is 3.96. The van der Waals surface area contributed by atoms with E-state index in [4.69, 9.17) is 11.6 Å². The van der Waals surface area contributed by atoms with Crippen LogP contribution in [0.25, 0.3) is 10.8 Å². The van der Waals surface area contributed by atoms with Gasteiger partial charge in [0.15, 0.2) is 11.0 Å². The van der Waals surface area contributed by atoms with Gasteiger partial charge in [0.25, 0.3) is 0 Å². The van der Waals surface area contributed by atoms with Crippen molar-refractivity contribution in [2.24, 2.45) is 0 Å². The molecule has 0 saturated heterocycles. The number of aromatic nitrogens is 2. The summed E-state index contributed by atoms with van der Waals surface area (Å²) in [6.07, 6.45) is 0.728. The summed E-state index contributed by atoms with van der Waals surface area (Å²) in [5, 5.41) is 19.1. The van der Waals surface area contributed by atoms with Crippen molar-refractivity contribution in [1.82, 2.24) is 9.97 Å². The van der Waals surface area contributed by atoms with Gasteiger partial charge in [-0.3, -0.25) is 0 Å². The van der Waals surface area contributed by atoms with Crippen molar-refractivity contribution in [3.05, 3.63) is 59.5 Å². The van der Waals surface area contributed by atoms with E-state index in [0.29, 0.717) is 23.2 Å². The molecule has 1 unspecified atom stereocenters. The summed E-state index contributed by atoms with van der Waals surface area (Å²) in [6.45, 7) is 0.320. The topological polar surface area (TPSA) is 70.1 Å². The Labute approximate surface area is 139 Å². The van der Waals surface area contributed by atoms with Crippen LogP contribution in [0.3, 0.4) is 0 Å². The molecule has 0 saturated carbocycles. The van der Waals surface area contributed by atoms with Crippen molar-refractivity contribution in [2.45, 2.75) is 6.10 Å².